The molecule has 200 valence electrons. The van der Waals surface area contributed by atoms with Gasteiger partial charge in [0.15, 0.2) is 5.78 Å². The quantitative estimate of drug-likeness (QED) is 0.244. The molecule has 0 saturated heterocycles. The Morgan fingerprint density at radius 3 is 2.27 bits per heavy atom. The molecule has 0 aliphatic heterocycles. The second-order valence-corrected chi connectivity index (χ2v) is 8.90. The highest BCUT2D eigenvalue weighted by Gasteiger charge is 2.26. The summed E-state index contributed by atoms with van der Waals surface area (Å²) < 4.78 is 15.6. The topological polar surface area (TPSA) is 153 Å². The summed E-state index contributed by atoms with van der Waals surface area (Å²) in [5.41, 5.74) is 1.54. The number of pyridine rings is 1. The number of carboxylic acids is 1. The van der Waals surface area contributed by atoms with Crippen LogP contribution in [0.15, 0.2) is 36.7 Å². The number of hydrogen-bond donors (Lipinski definition) is 3. The summed E-state index contributed by atoms with van der Waals surface area (Å²) in [4.78, 5) is 53.0. The van der Waals surface area contributed by atoms with Gasteiger partial charge in [-0.05, 0) is 18.6 Å². The maximum atomic E-state index is 12.8. The summed E-state index contributed by atoms with van der Waals surface area (Å²) in [6.07, 6.45) is 3.17. The van der Waals surface area contributed by atoms with Crippen molar-refractivity contribution in [2.24, 2.45) is 5.92 Å². The number of carbonyl (C=O) groups excluding carboxylic acids is 3. The fourth-order valence-electron chi connectivity index (χ4n) is 3.55. The molecule has 2 rings (SSSR count). The number of ketones is 1. The largest absolute Gasteiger partial charge is 0.496 e. The minimum Gasteiger partial charge on any atom is -0.496 e. The lowest BCUT2D eigenvalue weighted by atomic mass is 9.97. The predicted octanol–water partition coefficient (Wildman–Crippen LogP) is 3.03. The molecule has 3 N–H and O–H groups in total. The molecular weight excluding hydrogens is 502 g/mol. The first kappa shape index (κ1) is 29.4. The molecule has 0 aliphatic carbocycles. The summed E-state index contributed by atoms with van der Waals surface area (Å²) in [5.74, 6) is -1.75. The highest BCUT2D eigenvalue weighted by atomic mass is 32.2. The Labute approximate surface area is 219 Å². The Morgan fingerprint density at radius 2 is 1.76 bits per heavy atom. The third-order valence-electron chi connectivity index (χ3n) is 5.35. The number of methoxy groups -OCH3 is 3. The van der Waals surface area contributed by atoms with E-state index in [0.717, 1.165) is 17.3 Å². The molecule has 1 aromatic heterocycles. The van der Waals surface area contributed by atoms with Crippen molar-refractivity contribution in [3.05, 3.63) is 47.8 Å². The summed E-state index contributed by atoms with van der Waals surface area (Å²) in [6.45, 7) is 1.95. The Bertz CT molecular complexity index is 1070. The van der Waals surface area contributed by atoms with Crippen LogP contribution in [0, 0.1) is 5.92 Å². The van der Waals surface area contributed by atoms with Crippen LogP contribution < -0.4 is 20.1 Å². The lowest BCUT2D eigenvalue weighted by Gasteiger charge is -2.19. The molecule has 2 aromatic rings. The molecular formula is C25H31N3O8S. The average molecular weight is 534 g/mol. The van der Waals surface area contributed by atoms with Crippen molar-refractivity contribution < 1.29 is 38.5 Å². The van der Waals surface area contributed by atoms with Crippen LogP contribution in [0.2, 0.25) is 0 Å². The molecule has 0 spiro atoms. The van der Waals surface area contributed by atoms with E-state index < -0.39 is 29.9 Å². The second kappa shape index (κ2) is 14.7. The zero-order valence-corrected chi connectivity index (χ0v) is 21.9. The Balaban J connectivity index is 2.07. The lowest BCUT2D eigenvalue weighted by Crippen LogP contribution is -2.45. The molecule has 1 unspecified atom stereocenters. The van der Waals surface area contributed by atoms with Crippen molar-refractivity contribution in [2.75, 3.05) is 38.2 Å². The van der Waals surface area contributed by atoms with Gasteiger partial charge in [-0.2, -0.15) is 11.8 Å². The summed E-state index contributed by atoms with van der Waals surface area (Å²) >= 11 is 1.16. The molecule has 0 bridgehead atoms. The van der Waals surface area contributed by atoms with Crippen LogP contribution in [-0.4, -0.2) is 72.7 Å². The van der Waals surface area contributed by atoms with Gasteiger partial charge in [-0.25, -0.2) is 9.59 Å². The van der Waals surface area contributed by atoms with Gasteiger partial charge >= 0.3 is 18.0 Å². The molecule has 0 fully saturated rings. The van der Waals surface area contributed by atoms with Crippen molar-refractivity contribution in [1.29, 1.82) is 0 Å². The van der Waals surface area contributed by atoms with Crippen molar-refractivity contribution in [3.8, 4) is 11.5 Å². The number of ether oxygens (including phenoxy) is 3. The number of aliphatic carboxylic acids is 1. The van der Waals surface area contributed by atoms with Gasteiger partial charge in [0.1, 0.15) is 17.5 Å². The number of Topliss-reactive ketones (excluding diaryl/α,β-unsaturated/α-hetero) is 1. The van der Waals surface area contributed by atoms with Crippen LogP contribution in [0.25, 0.3) is 0 Å². The van der Waals surface area contributed by atoms with E-state index in [2.05, 4.69) is 15.6 Å². The number of anilines is 1. The molecule has 2 amide bonds. The minimum atomic E-state index is -1.12. The predicted molar refractivity (Wildman–Crippen MR) is 139 cm³/mol. The van der Waals surface area contributed by atoms with E-state index in [1.807, 2.05) is 6.92 Å². The van der Waals surface area contributed by atoms with E-state index in [1.54, 1.807) is 24.3 Å². The minimum absolute atomic E-state index is 0.0535. The Hall–Kier alpha value is -3.80. The van der Waals surface area contributed by atoms with Crippen molar-refractivity contribution in [1.82, 2.24) is 10.3 Å². The summed E-state index contributed by atoms with van der Waals surface area (Å²) in [7, 11) is 4.22. The molecule has 37 heavy (non-hydrogen) atoms. The van der Waals surface area contributed by atoms with E-state index in [-0.39, 0.29) is 23.7 Å². The number of benzene rings is 1. The van der Waals surface area contributed by atoms with Gasteiger partial charge in [-0.1, -0.05) is 6.92 Å². The Morgan fingerprint density at radius 1 is 1.08 bits per heavy atom. The number of carboxylic acid groups (broad SMARTS) is 1. The smallest absolute Gasteiger partial charge is 0.329 e. The van der Waals surface area contributed by atoms with E-state index >= 15 is 0 Å². The van der Waals surface area contributed by atoms with Crippen LogP contribution in [0.4, 0.5) is 10.5 Å². The molecule has 0 saturated carbocycles. The first-order valence-electron chi connectivity index (χ1n) is 11.4. The van der Waals surface area contributed by atoms with E-state index in [9.17, 15) is 24.3 Å². The standard InChI is InChI=1S/C25H31N3O8S/c1-5-18-20(34-2)10-17(11-21(18)35-3)27-25(33)28-19(24(32)36-4)14-37-13-16(9-22(29)30)23(31)15-7-6-8-26-12-15/h6-8,10-12,16,19H,5,9,13-14H2,1-4H3,(H,29,30)(H2,27,28,33)/t16?,19-/m0/s1. The van der Waals surface area contributed by atoms with Crippen LogP contribution in [0.3, 0.4) is 0 Å². The third-order valence-corrected chi connectivity index (χ3v) is 6.56. The first-order chi connectivity index (χ1) is 17.7. The average Bonchev–Trinajstić information content (AvgIpc) is 2.90. The number of esters is 1. The van der Waals surface area contributed by atoms with Crippen LogP contribution in [0.5, 0.6) is 11.5 Å². The molecule has 2 atom stereocenters. The fraction of sp³-hybridized carbons (Fsp3) is 0.400. The number of nitrogens with zero attached hydrogens (tertiary/aromatic N) is 1. The number of hydrogen-bond acceptors (Lipinski definition) is 9. The van der Waals surface area contributed by atoms with Gasteiger partial charge < -0.3 is 30.0 Å². The highest BCUT2D eigenvalue weighted by Crippen LogP contribution is 2.33. The molecule has 0 radical (unpaired) electrons. The van der Waals surface area contributed by atoms with Gasteiger partial charge in [-0.15, -0.1) is 0 Å². The zero-order valence-electron chi connectivity index (χ0n) is 21.1. The molecule has 11 nitrogen and oxygen atoms in total. The highest BCUT2D eigenvalue weighted by molar-refractivity contribution is 7.99. The molecule has 1 aromatic carbocycles. The number of aromatic nitrogens is 1. The number of carbonyl (C=O) groups is 4. The van der Waals surface area contributed by atoms with Crippen LogP contribution in [-0.2, 0) is 20.7 Å². The van der Waals surface area contributed by atoms with Crippen molar-refractivity contribution in [3.63, 3.8) is 0 Å². The van der Waals surface area contributed by atoms with E-state index in [1.165, 1.54) is 33.7 Å². The van der Waals surface area contributed by atoms with Crippen molar-refractivity contribution >= 4 is 41.2 Å². The molecule has 1 heterocycles. The van der Waals surface area contributed by atoms with Gasteiger partial charge in [0.2, 0.25) is 0 Å². The number of rotatable bonds is 14. The van der Waals surface area contributed by atoms with Crippen molar-refractivity contribution in [2.45, 2.75) is 25.8 Å². The van der Waals surface area contributed by atoms with E-state index in [4.69, 9.17) is 14.2 Å². The SMILES string of the molecule is CCc1c(OC)cc(NC(=O)N[C@@H](CSCC(CC(=O)O)C(=O)c2cccnc2)C(=O)OC)cc1OC. The zero-order chi connectivity index (χ0) is 27.4. The third kappa shape index (κ3) is 8.67. The van der Waals surface area contributed by atoms with E-state index in [0.29, 0.717) is 29.2 Å². The number of thioether (sulfide) groups is 1. The molecule has 12 heteroatoms. The number of nitrogens with one attached hydrogen (secondary N) is 2. The fourth-order valence-corrected chi connectivity index (χ4v) is 4.70. The lowest BCUT2D eigenvalue weighted by molar-refractivity contribution is -0.142. The number of amides is 2. The van der Waals surface area contributed by atoms with Gasteiger partial charge in [0, 0.05) is 58.8 Å². The van der Waals surface area contributed by atoms with Gasteiger partial charge in [0.05, 0.1) is 27.8 Å². The number of urea groups is 1. The molecule has 0 aliphatic rings. The monoisotopic (exact) mass is 533 g/mol. The van der Waals surface area contributed by atoms with Gasteiger partial charge in [-0.3, -0.25) is 14.6 Å². The normalized spacial score (nSPS) is 12.1. The second-order valence-electron chi connectivity index (χ2n) is 7.83. The Kier molecular flexibility index (Phi) is 11.7. The maximum absolute atomic E-state index is 12.8. The summed E-state index contributed by atoms with van der Waals surface area (Å²) in [5, 5.41) is 14.5. The maximum Gasteiger partial charge on any atom is 0.329 e. The first-order valence-corrected chi connectivity index (χ1v) is 12.5. The summed E-state index contributed by atoms with van der Waals surface area (Å²) in [6, 6.07) is 4.72. The van der Waals surface area contributed by atoms with Crippen LogP contribution in [0.1, 0.15) is 29.3 Å². The van der Waals surface area contributed by atoms with Crippen LogP contribution >= 0.6 is 11.8 Å². The van der Waals surface area contributed by atoms with Gasteiger partial charge in [0.25, 0.3) is 0 Å².